The quantitative estimate of drug-likeness (QED) is 0.495. The summed E-state index contributed by atoms with van der Waals surface area (Å²) in [4.78, 5) is 0. The fourth-order valence-electron chi connectivity index (χ4n) is 2.86. The first-order valence-electron chi connectivity index (χ1n) is 8.07. The van der Waals surface area contributed by atoms with Crippen molar-refractivity contribution in [1.82, 2.24) is 0 Å². The Bertz CT molecular complexity index is 920. The van der Waals surface area contributed by atoms with Crippen molar-refractivity contribution < 1.29 is 20.1 Å². The van der Waals surface area contributed by atoms with Crippen LogP contribution in [0.2, 0.25) is 0 Å². The van der Waals surface area contributed by atoms with E-state index >= 15 is 0 Å². The van der Waals surface area contributed by atoms with Crippen molar-refractivity contribution in [2.24, 2.45) is 7.05 Å². The van der Waals surface area contributed by atoms with Crippen LogP contribution in [0.25, 0.3) is 23.1 Å². The number of pyridine rings is 1. The molecule has 25 heavy (non-hydrogen) atoms. The molecule has 0 spiro atoms. The average Bonchev–Trinajstić information content (AvgIpc) is 2.62. The predicted molar refractivity (Wildman–Crippen MR) is 97.3 cm³/mol. The number of rotatable bonds is 5. The number of aromatic nitrogens is 1. The van der Waals surface area contributed by atoms with Crippen molar-refractivity contribution in [3.8, 4) is 0 Å². The zero-order valence-electron chi connectivity index (χ0n) is 14.0. The number of anilines is 1. The minimum atomic E-state index is 0.108. The van der Waals surface area contributed by atoms with Crippen LogP contribution < -0.4 is 9.79 Å². The maximum absolute atomic E-state index is 9.10. The molecule has 0 fully saturated rings. The molecule has 1 aromatic heterocycles. The first kappa shape index (κ1) is 17.1. The molecule has 3 N–H and O–H groups in total. The molecule has 0 saturated heterocycles. The molecule has 0 bridgehead atoms. The van der Waals surface area contributed by atoms with Crippen LogP contribution in [0.3, 0.4) is 0 Å². The van der Waals surface area contributed by atoms with E-state index in [0.29, 0.717) is 12.1 Å². The number of aliphatic hydroxyl groups excluding tert-OH is 1. The van der Waals surface area contributed by atoms with E-state index in [1.165, 1.54) is 0 Å². The highest BCUT2D eigenvalue weighted by atomic mass is 16.8. The second-order valence-corrected chi connectivity index (χ2v) is 5.90. The van der Waals surface area contributed by atoms with E-state index in [0.717, 1.165) is 27.7 Å². The topological polar surface area (TPSA) is 67.8 Å². The lowest BCUT2D eigenvalue weighted by Crippen LogP contribution is -2.32. The number of aliphatic hydroxyl groups is 1. The SMILES string of the molecule is C[n+]1c(/C=C/c2cccc(N(O)O)c2)ccc2cc(CCO)ccc21. The number of nitrogens with zero attached hydrogens (tertiary/aromatic N) is 2. The third-order valence-corrected chi connectivity index (χ3v) is 4.22. The molecule has 3 aromatic rings. The van der Waals surface area contributed by atoms with E-state index in [1.54, 1.807) is 18.2 Å². The summed E-state index contributed by atoms with van der Waals surface area (Å²) in [6, 6.07) is 17.2. The molecule has 3 rings (SSSR count). The Balaban J connectivity index is 1.92. The minimum Gasteiger partial charge on any atom is -0.396 e. The Kier molecular flexibility index (Phi) is 5.09. The molecule has 0 unspecified atom stereocenters. The molecule has 5 nitrogen and oxygen atoms in total. The number of hydrogen-bond donors (Lipinski definition) is 3. The molecule has 0 atom stereocenters. The summed E-state index contributed by atoms with van der Waals surface area (Å²) < 4.78 is 2.10. The van der Waals surface area contributed by atoms with E-state index in [-0.39, 0.29) is 11.8 Å². The minimum absolute atomic E-state index is 0.108. The van der Waals surface area contributed by atoms with Crippen LogP contribution in [0.4, 0.5) is 5.69 Å². The van der Waals surface area contributed by atoms with Crippen LogP contribution in [-0.4, -0.2) is 22.1 Å². The molecule has 2 aromatic carbocycles. The monoisotopic (exact) mass is 337 g/mol. The third-order valence-electron chi connectivity index (χ3n) is 4.22. The molecule has 128 valence electrons. The van der Waals surface area contributed by atoms with Gasteiger partial charge in [-0.2, -0.15) is 4.57 Å². The molecule has 0 aliphatic heterocycles. The normalized spacial score (nSPS) is 11.4. The van der Waals surface area contributed by atoms with Crippen molar-refractivity contribution in [3.05, 3.63) is 71.4 Å². The van der Waals surface area contributed by atoms with Gasteiger partial charge in [0.25, 0.3) is 0 Å². The van der Waals surface area contributed by atoms with E-state index in [9.17, 15) is 0 Å². The Morgan fingerprint density at radius 3 is 2.60 bits per heavy atom. The molecule has 1 heterocycles. The van der Waals surface area contributed by atoms with Gasteiger partial charge in [0.1, 0.15) is 7.05 Å². The highest BCUT2D eigenvalue weighted by Gasteiger charge is 2.10. The number of hydrogen-bond acceptors (Lipinski definition) is 4. The molecule has 5 heteroatoms. The molecule has 0 radical (unpaired) electrons. The van der Waals surface area contributed by atoms with Crippen molar-refractivity contribution in [2.45, 2.75) is 6.42 Å². The zero-order valence-corrected chi connectivity index (χ0v) is 14.0. The van der Waals surface area contributed by atoms with Gasteiger partial charge < -0.3 is 5.11 Å². The predicted octanol–water partition coefficient (Wildman–Crippen LogP) is 2.95. The smallest absolute Gasteiger partial charge is 0.212 e. The lowest BCUT2D eigenvalue weighted by molar-refractivity contribution is -0.646. The summed E-state index contributed by atoms with van der Waals surface area (Å²) in [6.45, 7) is 0.149. The average molecular weight is 337 g/mol. The molecular weight excluding hydrogens is 316 g/mol. The highest BCUT2D eigenvalue weighted by Crippen LogP contribution is 2.17. The lowest BCUT2D eigenvalue weighted by atomic mass is 10.1. The summed E-state index contributed by atoms with van der Waals surface area (Å²) in [5, 5.41) is 28.5. The standard InChI is InChI=1S/C20H21N2O3/c1-21-18(8-5-15-3-2-4-19(14-15)22(24)25)9-7-17-13-16(11-12-23)6-10-20(17)21/h2-10,13-14,23-25H,11-12H2,1H3/q+1/b8-5+. The van der Waals surface area contributed by atoms with Crippen LogP contribution in [0.5, 0.6) is 0 Å². The summed E-state index contributed by atoms with van der Waals surface area (Å²) in [6.07, 6.45) is 4.57. The first-order valence-corrected chi connectivity index (χ1v) is 8.07. The van der Waals surface area contributed by atoms with Gasteiger partial charge in [-0.05, 0) is 47.9 Å². The van der Waals surface area contributed by atoms with E-state index in [2.05, 4.69) is 22.8 Å². The van der Waals surface area contributed by atoms with Crippen LogP contribution in [0, 0.1) is 0 Å². The van der Waals surface area contributed by atoms with Gasteiger partial charge in [0.05, 0.1) is 5.69 Å². The van der Waals surface area contributed by atoms with Gasteiger partial charge in [-0.3, -0.25) is 10.4 Å². The largest absolute Gasteiger partial charge is 0.396 e. The Hall–Kier alpha value is -2.73. The van der Waals surface area contributed by atoms with Gasteiger partial charge in [-0.1, -0.05) is 18.2 Å². The van der Waals surface area contributed by atoms with Gasteiger partial charge in [-0.15, -0.1) is 5.23 Å². The highest BCUT2D eigenvalue weighted by molar-refractivity contribution is 5.78. The maximum Gasteiger partial charge on any atom is 0.212 e. The zero-order chi connectivity index (χ0) is 17.8. The molecular formula is C20H21N2O3+. The van der Waals surface area contributed by atoms with Gasteiger partial charge in [0.2, 0.25) is 11.2 Å². The summed E-state index contributed by atoms with van der Waals surface area (Å²) in [5.74, 6) is 0. The summed E-state index contributed by atoms with van der Waals surface area (Å²) in [7, 11) is 2.01. The van der Waals surface area contributed by atoms with E-state index < -0.39 is 0 Å². The Morgan fingerprint density at radius 1 is 1.00 bits per heavy atom. The van der Waals surface area contributed by atoms with Crippen molar-refractivity contribution >= 4 is 28.7 Å². The second-order valence-electron chi connectivity index (χ2n) is 5.90. The van der Waals surface area contributed by atoms with Crippen molar-refractivity contribution in [1.29, 1.82) is 0 Å². The first-order chi connectivity index (χ1) is 12.1. The van der Waals surface area contributed by atoms with Crippen LogP contribution in [0.15, 0.2) is 54.6 Å². The Morgan fingerprint density at radius 2 is 1.84 bits per heavy atom. The lowest BCUT2D eigenvalue weighted by Gasteiger charge is -2.07. The summed E-state index contributed by atoms with van der Waals surface area (Å²) >= 11 is 0. The van der Waals surface area contributed by atoms with Crippen molar-refractivity contribution in [3.63, 3.8) is 0 Å². The molecule has 0 amide bonds. The van der Waals surface area contributed by atoms with Gasteiger partial charge in [0, 0.05) is 30.2 Å². The molecule has 0 saturated carbocycles. The number of aryl methyl sites for hydroxylation is 1. The summed E-state index contributed by atoms with van der Waals surface area (Å²) in [5.41, 5.74) is 4.42. The van der Waals surface area contributed by atoms with E-state index in [4.69, 9.17) is 15.5 Å². The number of fused-ring (bicyclic) bond motifs is 1. The fraction of sp³-hybridized carbons (Fsp3) is 0.150. The third kappa shape index (κ3) is 3.85. The van der Waals surface area contributed by atoms with Crippen LogP contribution in [-0.2, 0) is 13.5 Å². The van der Waals surface area contributed by atoms with Crippen LogP contribution in [0.1, 0.15) is 16.8 Å². The molecule has 0 aliphatic rings. The fourth-order valence-corrected chi connectivity index (χ4v) is 2.86. The van der Waals surface area contributed by atoms with Gasteiger partial charge in [-0.25, -0.2) is 0 Å². The van der Waals surface area contributed by atoms with Gasteiger partial charge in [0.15, 0.2) is 0 Å². The van der Waals surface area contributed by atoms with Crippen LogP contribution >= 0.6 is 0 Å². The Labute approximate surface area is 146 Å². The van der Waals surface area contributed by atoms with Crippen molar-refractivity contribution in [2.75, 3.05) is 11.8 Å². The molecule has 0 aliphatic carbocycles. The number of benzene rings is 2. The van der Waals surface area contributed by atoms with Gasteiger partial charge >= 0.3 is 0 Å². The second kappa shape index (κ2) is 7.44. The maximum atomic E-state index is 9.10. The van der Waals surface area contributed by atoms with E-state index in [1.807, 2.05) is 37.4 Å².